The van der Waals surface area contributed by atoms with E-state index < -0.39 is 0 Å². The van der Waals surface area contributed by atoms with Gasteiger partial charge in [-0.1, -0.05) is 37.1 Å². The Morgan fingerprint density at radius 2 is 1.77 bits per heavy atom. The number of rotatable bonds is 10. The van der Waals surface area contributed by atoms with E-state index in [2.05, 4.69) is 20.6 Å². The molecule has 1 unspecified atom stereocenters. The Kier molecular flexibility index (Phi) is 8.48. The zero-order valence-electron chi connectivity index (χ0n) is 22.0. The molecular formula is C30H35N7O2. The zero-order chi connectivity index (χ0) is 27.0. The summed E-state index contributed by atoms with van der Waals surface area (Å²) in [6, 6.07) is 17.4. The highest BCUT2D eigenvalue weighted by molar-refractivity contribution is 6.16. The van der Waals surface area contributed by atoms with E-state index in [1.165, 1.54) is 32.0 Å². The van der Waals surface area contributed by atoms with E-state index in [4.69, 9.17) is 15.9 Å². The van der Waals surface area contributed by atoms with Crippen molar-refractivity contribution in [1.82, 2.24) is 20.2 Å². The Balaban J connectivity index is 1.19. The van der Waals surface area contributed by atoms with Crippen molar-refractivity contribution in [3.8, 4) is 11.5 Å². The van der Waals surface area contributed by atoms with Gasteiger partial charge in [0.15, 0.2) is 0 Å². The van der Waals surface area contributed by atoms with Gasteiger partial charge in [-0.15, -0.1) is 0 Å². The Bertz CT molecular complexity index is 1300. The third-order valence-electron chi connectivity index (χ3n) is 7.23. The first kappa shape index (κ1) is 26.4. The first-order valence-corrected chi connectivity index (χ1v) is 13.5. The maximum absolute atomic E-state index is 12.7. The zero-order valence-corrected chi connectivity index (χ0v) is 22.0. The highest BCUT2D eigenvalue weighted by Crippen LogP contribution is 2.26. The number of amides is 1. The van der Waals surface area contributed by atoms with E-state index >= 15 is 0 Å². The number of hydrogen-bond acceptors (Lipinski definition) is 8. The van der Waals surface area contributed by atoms with Gasteiger partial charge in [0.1, 0.15) is 29.5 Å². The molecule has 1 saturated carbocycles. The van der Waals surface area contributed by atoms with Crippen molar-refractivity contribution in [1.29, 1.82) is 5.41 Å². The smallest absolute Gasteiger partial charge is 0.246 e. The van der Waals surface area contributed by atoms with E-state index in [9.17, 15) is 4.79 Å². The molecule has 1 saturated heterocycles. The molecule has 2 aliphatic rings. The van der Waals surface area contributed by atoms with E-state index in [1.807, 2.05) is 65.6 Å². The third kappa shape index (κ3) is 6.80. The average molecular weight is 526 g/mol. The van der Waals surface area contributed by atoms with E-state index in [0.29, 0.717) is 41.8 Å². The summed E-state index contributed by atoms with van der Waals surface area (Å²) in [5, 5.41) is 15.8. The van der Waals surface area contributed by atoms with Crippen molar-refractivity contribution >= 4 is 23.3 Å². The third-order valence-corrected chi connectivity index (χ3v) is 7.23. The average Bonchev–Trinajstić information content (AvgIpc) is 3.65. The van der Waals surface area contributed by atoms with Crippen LogP contribution in [0.15, 0.2) is 73.1 Å². The van der Waals surface area contributed by atoms with Gasteiger partial charge in [-0.05, 0) is 55.7 Å². The van der Waals surface area contributed by atoms with E-state index in [1.54, 1.807) is 6.08 Å². The van der Waals surface area contributed by atoms with Crippen LogP contribution in [-0.4, -0.2) is 58.2 Å². The molecule has 0 radical (unpaired) electrons. The maximum atomic E-state index is 12.7. The van der Waals surface area contributed by atoms with Crippen LogP contribution in [0.3, 0.4) is 0 Å². The molecule has 0 spiro atoms. The number of likely N-dealkylation sites (tertiary alicyclic amines) is 1. The molecule has 1 atom stereocenters. The van der Waals surface area contributed by atoms with Crippen LogP contribution in [0.5, 0.6) is 11.5 Å². The molecule has 39 heavy (non-hydrogen) atoms. The molecule has 5 rings (SSSR count). The molecule has 0 bridgehead atoms. The molecule has 2 heterocycles. The van der Waals surface area contributed by atoms with Crippen LogP contribution in [0, 0.1) is 5.41 Å². The molecule has 9 heteroatoms. The Morgan fingerprint density at radius 3 is 2.54 bits per heavy atom. The minimum Gasteiger partial charge on any atom is -0.457 e. The number of para-hydroxylation sites is 1. The molecule has 202 valence electrons. The summed E-state index contributed by atoms with van der Waals surface area (Å²) < 4.78 is 5.87. The predicted octanol–water partition coefficient (Wildman–Crippen LogP) is 4.37. The van der Waals surface area contributed by atoms with Crippen LogP contribution in [0.4, 0.5) is 11.6 Å². The summed E-state index contributed by atoms with van der Waals surface area (Å²) in [5.74, 6) is 2.15. The van der Waals surface area contributed by atoms with Crippen LogP contribution in [-0.2, 0) is 4.79 Å². The number of hydrogen-bond donors (Lipinski definition) is 4. The van der Waals surface area contributed by atoms with Gasteiger partial charge in [-0.3, -0.25) is 10.2 Å². The van der Waals surface area contributed by atoms with Gasteiger partial charge in [-0.2, -0.15) is 0 Å². The van der Waals surface area contributed by atoms with Gasteiger partial charge in [0.25, 0.3) is 0 Å². The minimum absolute atomic E-state index is 0.00135. The number of aromatic nitrogens is 2. The molecule has 1 aliphatic carbocycles. The highest BCUT2D eigenvalue weighted by atomic mass is 16.5. The van der Waals surface area contributed by atoms with Crippen molar-refractivity contribution < 1.29 is 9.53 Å². The predicted molar refractivity (Wildman–Crippen MR) is 153 cm³/mol. The number of nitrogens with two attached hydrogens (primary N) is 1. The normalized spacial score (nSPS) is 17.5. The summed E-state index contributed by atoms with van der Waals surface area (Å²) in [6.45, 7) is 1.94. The molecule has 1 amide bonds. The monoisotopic (exact) mass is 525 g/mol. The van der Waals surface area contributed by atoms with E-state index in [0.717, 1.165) is 18.7 Å². The molecule has 9 nitrogen and oxygen atoms in total. The molecule has 3 aromatic rings. The quantitative estimate of drug-likeness (QED) is 0.228. The van der Waals surface area contributed by atoms with Crippen LogP contribution in [0.1, 0.15) is 43.2 Å². The first-order valence-electron chi connectivity index (χ1n) is 13.5. The van der Waals surface area contributed by atoms with Crippen LogP contribution in [0.2, 0.25) is 0 Å². The van der Waals surface area contributed by atoms with Gasteiger partial charge in [0.2, 0.25) is 5.91 Å². The van der Waals surface area contributed by atoms with Crippen LogP contribution < -0.4 is 21.1 Å². The number of anilines is 2. The minimum atomic E-state index is 0.00135. The second-order valence-corrected chi connectivity index (χ2v) is 10.0. The number of carbonyl (C=O) groups is 1. The first-order chi connectivity index (χ1) is 19.1. The number of nitrogens with one attached hydrogen (secondary N) is 3. The fourth-order valence-corrected chi connectivity index (χ4v) is 5.12. The van der Waals surface area contributed by atoms with Crippen molar-refractivity contribution in [3.63, 3.8) is 0 Å². The molecule has 5 N–H and O–H groups in total. The second-order valence-electron chi connectivity index (χ2n) is 10.0. The number of carbonyl (C=O) groups excluding carboxylic acids is 1. The number of nitrogens with zero attached hydrogens (tertiary/aromatic N) is 3. The Hall–Kier alpha value is -4.24. The summed E-state index contributed by atoms with van der Waals surface area (Å²) in [5.41, 5.74) is 7.54. The molecule has 2 fully saturated rings. The second kappa shape index (κ2) is 12.5. The maximum Gasteiger partial charge on any atom is 0.246 e. The highest BCUT2D eigenvalue weighted by Gasteiger charge is 2.27. The van der Waals surface area contributed by atoms with Gasteiger partial charge >= 0.3 is 0 Å². The van der Waals surface area contributed by atoms with Crippen molar-refractivity contribution in [3.05, 3.63) is 84.2 Å². The van der Waals surface area contributed by atoms with Crippen molar-refractivity contribution in [2.75, 3.05) is 30.7 Å². The Morgan fingerprint density at radius 1 is 1.03 bits per heavy atom. The van der Waals surface area contributed by atoms with E-state index in [-0.39, 0.29) is 23.5 Å². The van der Waals surface area contributed by atoms with Crippen molar-refractivity contribution in [2.45, 2.75) is 44.2 Å². The largest absolute Gasteiger partial charge is 0.457 e. The molecule has 1 aromatic heterocycles. The Labute approximate surface area is 229 Å². The van der Waals surface area contributed by atoms with Gasteiger partial charge in [0, 0.05) is 43.4 Å². The summed E-state index contributed by atoms with van der Waals surface area (Å²) in [4.78, 5) is 23.1. The standard InChI is InChI=1S/C30H35N7O2/c31-28(21-12-14-25(15-13-21)39-24-9-2-1-3-10-24)27-29(32)34-20-35-30(27)36-23-16-18-37(19-23)26(38)11-6-17-33-22-7-4-5-8-22/h1-3,6,9-15,20,22-23,31,33H,4-5,7-8,16-19H2,(H3,32,34,35,36)/b11-6+,31-28?. The lowest BCUT2D eigenvalue weighted by Crippen LogP contribution is -2.31. The lowest BCUT2D eigenvalue weighted by molar-refractivity contribution is -0.125. The summed E-state index contributed by atoms with van der Waals surface area (Å²) >= 11 is 0. The van der Waals surface area contributed by atoms with Gasteiger partial charge < -0.3 is 26.0 Å². The SMILES string of the molecule is N=C(c1ccc(Oc2ccccc2)cc1)c1c(N)ncnc1NC1CCN(C(=O)/C=C/CNC2CCCC2)C1. The lowest BCUT2D eigenvalue weighted by atomic mass is 10.0. The fourth-order valence-electron chi connectivity index (χ4n) is 5.12. The number of ether oxygens (including phenoxy) is 1. The van der Waals surface area contributed by atoms with Crippen LogP contribution in [0.25, 0.3) is 0 Å². The molecule has 2 aromatic carbocycles. The fraction of sp³-hybridized carbons (Fsp3) is 0.333. The molecular weight excluding hydrogens is 490 g/mol. The topological polar surface area (TPSA) is 129 Å². The number of nitrogen functional groups attached to an aromatic ring is 1. The summed E-state index contributed by atoms with van der Waals surface area (Å²) in [7, 11) is 0. The summed E-state index contributed by atoms with van der Waals surface area (Å²) in [6.07, 6.45) is 10.8. The van der Waals surface area contributed by atoms with Crippen molar-refractivity contribution in [2.24, 2.45) is 0 Å². The van der Waals surface area contributed by atoms with Crippen LogP contribution >= 0.6 is 0 Å². The molecule has 1 aliphatic heterocycles. The number of benzene rings is 2. The van der Waals surface area contributed by atoms with Gasteiger partial charge in [0.05, 0.1) is 11.3 Å². The van der Waals surface area contributed by atoms with Gasteiger partial charge in [-0.25, -0.2) is 9.97 Å². The lowest BCUT2D eigenvalue weighted by Gasteiger charge is -2.19.